The highest BCUT2D eigenvalue weighted by Crippen LogP contribution is 2.29. The molecule has 0 radical (unpaired) electrons. The molecule has 2 rings (SSSR count). The number of hydrogen-bond acceptors (Lipinski definition) is 5. The van der Waals surface area contributed by atoms with Gasteiger partial charge < -0.3 is 15.4 Å². The van der Waals surface area contributed by atoms with Crippen LogP contribution in [0.2, 0.25) is 0 Å². The molecule has 2 unspecified atom stereocenters. The standard InChI is InChI=1S/C14H22N2O3S/c1-4-20(17,18)12-5-6-14(13(15)7-12)16-8-10(2)19-11(3)9-16/h5-7,10-11H,4,8-9,15H2,1-3H3. The molecule has 1 saturated heterocycles. The lowest BCUT2D eigenvalue weighted by molar-refractivity contribution is -0.00517. The van der Waals surface area contributed by atoms with Gasteiger partial charge in [0.25, 0.3) is 0 Å². The van der Waals surface area contributed by atoms with Gasteiger partial charge in [-0.1, -0.05) is 6.92 Å². The number of benzene rings is 1. The Morgan fingerprint density at radius 2 is 1.90 bits per heavy atom. The van der Waals surface area contributed by atoms with Crippen molar-refractivity contribution in [2.75, 3.05) is 29.5 Å². The molecule has 1 fully saturated rings. The number of anilines is 2. The number of sulfone groups is 1. The van der Waals surface area contributed by atoms with Crippen LogP contribution in [0.15, 0.2) is 23.1 Å². The second kappa shape index (κ2) is 5.61. The number of morpholine rings is 1. The van der Waals surface area contributed by atoms with E-state index in [1.807, 2.05) is 13.8 Å². The molecule has 0 aromatic heterocycles. The molecule has 1 aromatic carbocycles. The second-order valence-electron chi connectivity index (χ2n) is 5.29. The van der Waals surface area contributed by atoms with Gasteiger partial charge >= 0.3 is 0 Å². The molecule has 0 saturated carbocycles. The van der Waals surface area contributed by atoms with Crippen molar-refractivity contribution in [1.29, 1.82) is 0 Å². The van der Waals surface area contributed by atoms with E-state index in [1.165, 1.54) is 0 Å². The first-order valence-electron chi connectivity index (χ1n) is 6.86. The second-order valence-corrected chi connectivity index (χ2v) is 7.56. The number of nitrogens with two attached hydrogens (primary N) is 1. The number of ether oxygens (including phenoxy) is 1. The van der Waals surface area contributed by atoms with Crippen LogP contribution in [-0.4, -0.2) is 39.5 Å². The smallest absolute Gasteiger partial charge is 0.178 e. The molecule has 1 heterocycles. The number of nitrogens with zero attached hydrogens (tertiary/aromatic N) is 1. The molecule has 0 spiro atoms. The van der Waals surface area contributed by atoms with Crippen molar-refractivity contribution in [2.24, 2.45) is 0 Å². The molecule has 0 bridgehead atoms. The molecule has 1 aromatic rings. The zero-order valence-corrected chi connectivity index (χ0v) is 13.0. The van der Waals surface area contributed by atoms with Crippen molar-refractivity contribution >= 4 is 21.2 Å². The van der Waals surface area contributed by atoms with Crippen LogP contribution in [0.1, 0.15) is 20.8 Å². The van der Waals surface area contributed by atoms with Crippen molar-refractivity contribution in [3.05, 3.63) is 18.2 Å². The van der Waals surface area contributed by atoms with Gasteiger partial charge in [0.1, 0.15) is 0 Å². The Morgan fingerprint density at radius 3 is 2.40 bits per heavy atom. The van der Waals surface area contributed by atoms with E-state index < -0.39 is 9.84 Å². The molecule has 0 aliphatic carbocycles. The van der Waals surface area contributed by atoms with E-state index in [0.717, 1.165) is 18.8 Å². The molecule has 112 valence electrons. The van der Waals surface area contributed by atoms with Gasteiger partial charge in [-0.2, -0.15) is 0 Å². The first kappa shape index (κ1) is 15.1. The zero-order chi connectivity index (χ0) is 14.9. The Morgan fingerprint density at radius 1 is 1.30 bits per heavy atom. The van der Waals surface area contributed by atoms with E-state index in [4.69, 9.17) is 10.5 Å². The third-order valence-corrected chi connectivity index (χ3v) is 5.23. The average molecular weight is 298 g/mol. The lowest BCUT2D eigenvalue weighted by Crippen LogP contribution is -2.45. The van der Waals surface area contributed by atoms with Crippen molar-refractivity contribution in [3.8, 4) is 0 Å². The topological polar surface area (TPSA) is 72.6 Å². The Labute approximate surface area is 120 Å². The first-order chi connectivity index (χ1) is 9.33. The predicted molar refractivity (Wildman–Crippen MR) is 80.8 cm³/mol. The quantitative estimate of drug-likeness (QED) is 0.860. The number of hydrogen-bond donors (Lipinski definition) is 1. The Kier molecular flexibility index (Phi) is 4.25. The van der Waals surface area contributed by atoms with Crippen LogP contribution >= 0.6 is 0 Å². The van der Waals surface area contributed by atoms with E-state index in [0.29, 0.717) is 5.69 Å². The van der Waals surface area contributed by atoms with E-state index >= 15 is 0 Å². The van der Waals surface area contributed by atoms with E-state index in [2.05, 4.69) is 4.90 Å². The molecule has 2 atom stereocenters. The third kappa shape index (κ3) is 3.07. The van der Waals surface area contributed by atoms with Gasteiger partial charge in [0.15, 0.2) is 9.84 Å². The van der Waals surface area contributed by atoms with Crippen molar-refractivity contribution in [3.63, 3.8) is 0 Å². The minimum atomic E-state index is -3.21. The molecule has 1 aliphatic rings. The van der Waals surface area contributed by atoms with Crippen molar-refractivity contribution in [1.82, 2.24) is 0 Å². The first-order valence-corrected chi connectivity index (χ1v) is 8.51. The summed E-state index contributed by atoms with van der Waals surface area (Å²) in [7, 11) is -3.21. The molecule has 6 heteroatoms. The molecule has 5 nitrogen and oxygen atoms in total. The SMILES string of the molecule is CCS(=O)(=O)c1ccc(N2CC(C)OC(C)C2)c(N)c1. The summed E-state index contributed by atoms with van der Waals surface area (Å²) >= 11 is 0. The maximum Gasteiger partial charge on any atom is 0.178 e. The minimum Gasteiger partial charge on any atom is -0.397 e. The monoisotopic (exact) mass is 298 g/mol. The van der Waals surface area contributed by atoms with Crippen LogP contribution in [0.4, 0.5) is 11.4 Å². The minimum absolute atomic E-state index is 0.0808. The maximum atomic E-state index is 11.9. The van der Waals surface area contributed by atoms with Gasteiger partial charge in [-0.15, -0.1) is 0 Å². The summed E-state index contributed by atoms with van der Waals surface area (Å²) in [6.45, 7) is 7.19. The summed E-state index contributed by atoms with van der Waals surface area (Å²) in [5.41, 5.74) is 7.43. The van der Waals surface area contributed by atoms with Gasteiger partial charge in [-0.05, 0) is 32.0 Å². The molecular weight excluding hydrogens is 276 g/mol. The average Bonchev–Trinajstić information content (AvgIpc) is 2.37. The summed E-state index contributed by atoms with van der Waals surface area (Å²) in [5, 5.41) is 0. The van der Waals surface area contributed by atoms with E-state index in [9.17, 15) is 8.42 Å². The van der Waals surface area contributed by atoms with Crippen LogP contribution in [0.25, 0.3) is 0 Å². The van der Waals surface area contributed by atoms with Crippen LogP contribution in [0, 0.1) is 0 Å². The van der Waals surface area contributed by atoms with Gasteiger partial charge in [0.2, 0.25) is 0 Å². The molecule has 1 aliphatic heterocycles. The maximum absolute atomic E-state index is 11.9. The van der Waals surface area contributed by atoms with Crippen LogP contribution < -0.4 is 10.6 Å². The van der Waals surface area contributed by atoms with E-state index in [-0.39, 0.29) is 22.9 Å². The van der Waals surface area contributed by atoms with Gasteiger partial charge in [0.05, 0.1) is 34.2 Å². The summed E-state index contributed by atoms with van der Waals surface area (Å²) in [4.78, 5) is 2.44. The Hall–Kier alpha value is -1.27. The summed E-state index contributed by atoms with van der Waals surface area (Å²) in [6.07, 6.45) is 0.273. The number of nitrogen functional groups attached to an aromatic ring is 1. The molecule has 20 heavy (non-hydrogen) atoms. The lowest BCUT2D eigenvalue weighted by atomic mass is 10.2. The van der Waals surface area contributed by atoms with Crippen LogP contribution in [0.5, 0.6) is 0 Å². The summed E-state index contributed by atoms with van der Waals surface area (Å²) in [6, 6.07) is 4.98. The normalized spacial score (nSPS) is 23.9. The number of rotatable bonds is 3. The van der Waals surface area contributed by atoms with Gasteiger partial charge in [-0.3, -0.25) is 0 Å². The summed E-state index contributed by atoms with van der Waals surface area (Å²) < 4.78 is 29.4. The Balaban J connectivity index is 2.30. The highest BCUT2D eigenvalue weighted by atomic mass is 32.2. The van der Waals surface area contributed by atoms with Crippen LogP contribution in [-0.2, 0) is 14.6 Å². The molecular formula is C14H22N2O3S. The fourth-order valence-electron chi connectivity index (χ4n) is 2.56. The largest absolute Gasteiger partial charge is 0.397 e. The molecule has 2 N–H and O–H groups in total. The summed E-state index contributed by atoms with van der Waals surface area (Å²) in [5.74, 6) is 0.0808. The highest BCUT2D eigenvalue weighted by Gasteiger charge is 2.24. The predicted octanol–water partition coefficient (Wildman–Crippen LogP) is 1.68. The highest BCUT2D eigenvalue weighted by molar-refractivity contribution is 7.91. The van der Waals surface area contributed by atoms with Gasteiger partial charge in [0, 0.05) is 13.1 Å². The Bertz CT molecular complexity index is 576. The fourth-order valence-corrected chi connectivity index (χ4v) is 3.47. The third-order valence-electron chi connectivity index (χ3n) is 3.50. The van der Waals surface area contributed by atoms with E-state index in [1.54, 1.807) is 25.1 Å². The lowest BCUT2D eigenvalue weighted by Gasteiger charge is -2.37. The van der Waals surface area contributed by atoms with Crippen LogP contribution in [0.3, 0.4) is 0 Å². The zero-order valence-electron chi connectivity index (χ0n) is 12.2. The van der Waals surface area contributed by atoms with Crippen molar-refractivity contribution in [2.45, 2.75) is 37.9 Å². The fraction of sp³-hybridized carbons (Fsp3) is 0.571. The van der Waals surface area contributed by atoms with Gasteiger partial charge in [-0.25, -0.2) is 8.42 Å². The van der Waals surface area contributed by atoms with Crippen molar-refractivity contribution < 1.29 is 13.2 Å². The molecule has 0 amide bonds.